The number of esters is 3. The molecule has 0 spiro atoms. The Kier molecular flexibility index (Phi) is 71.1. The first-order chi connectivity index (χ1) is 48.2. The fourth-order valence-corrected chi connectivity index (χ4v) is 12.2. The summed E-state index contributed by atoms with van der Waals surface area (Å²) in [7, 11) is -9.78. The maximum absolute atomic E-state index is 12.9. The molecule has 0 aromatic rings. The second kappa shape index (κ2) is 73.9. The van der Waals surface area contributed by atoms with Crippen molar-refractivity contribution in [3.63, 3.8) is 0 Å². The standard InChI is InChI=1S/C81H142O16P2/c1-4-7-10-13-16-19-22-25-27-29-30-31-32-33-34-35-36-37-38-39-40-41-42-43-44-46-48-50-52-55-58-61-64-67-79(84)91-70-76(82)71-93-98(87,88)94-72-77(83)73-95-99(89,90)96-75-78(97-81(86)69-66-63-60-57-54-49-24-21-18-15-12-9-6-3)74-92-80(85)68-65-62-59-56-53-51-47-45-28-26-23-20-17-14-11-8-5-2/h7-8,10-11,16-17,19-20,25-28,30-31,33-34,47,51,76-78,82-83H,4-6,9,12-15,18,21-24,29,32,35-46,48-50,52-75H2,1-3H3,(H,87,88)(H,89,90)/b10-7-,11-8-,19-16-,20-17-,27-25-,28-26-,31-30-,34-33-,51-47-. The van der Waals surface area contributed by atoms with E-state index in [4.69, 9.17) is 32.3 Å². The van der Waals surface area contributed by atoms with Crippen LogP contribution in [0, 0.1) is 0 Å². The zero-order chi connectivity index (χ0) is 72.3. The summed E-state index contributed by atoms with van der Waals surface area (Å²) >= 11 is 0. The van der Waals surface area contributed by atoms with E-state index in [0.29, 0.717) is 19.3 Å². The molecule has 16 nitrogen and oxygen atoms in total. The number of unbranched alkanes of at least 4 members (excludes halogenated alkanes) is 33. The summed E-state index contributed by atoms with van der Waals surface area (Å²) in [4.78, 5) is 58.5. The molecule has 0 aromatic carbocycles. The minimum atomic E-state index is -4.93. The van der Waals surface area contributed by atoms with Crippen LogP contribution in [0.15, 0.2) is 109 Å². The molecule has 0 aromatic heterocycles. The van der Waals surface area contributed by atoms with Gasteiger partial charge in [-0.15, -0.1) is 0 Å². The van der Waals surface area contributed by atoms with Crippen molar-refractivity contribution in [1.82, 2.24) is 0 Å². The highest BCUT2D eigenvalue weighted by Gasteiger charge is 2.29. The Labute approximate surface area is 602 Å². The summed E-state index contributed by atoms with van der Waals surface area (Å²) in [6.07, 6.45) is 85.9. The first-order valence-electron chi connectivity index (χ1n) is 39.2. The number of carbonyl (C=O) groups excluding carboxylic acids is 3. The Morgan fingerprint density at radius 3 is 0.848 bits per heavy atom. The van der Waals surface area contributed by atoms with Crippen molar-refractivity contribution < 1.29 is 75.8 Å². The van der Waals surface area contributed by atoms with E-state index < -0.39 is 91.5 Å². The van der Waals surface area contributed by atoms with Crippen LogP contribution in [0.3, 0.4) is 0 Å². The summed E-state index contributed by atoms with van der Waals surface area (Å²) in [5.74, 6) is -1.59. The molecule has 0 saturated heterocycles. The molecule has 0 aliphatic rings. The summed E-state index contributed by atoms with van der Waals surface area (Å²) in [6, 6.07) is 0. The van der Waals surface area contributed by atoms with E-state index in [9.17, 15) is 43.5 Å². The van der Waals surface area contributed by atoms with Gasteiger partial charge in [0.1, 0.15) is 25.4 Å². The van der Waals surface area contributed by atoms with Crippen molar-refractivity contribution in [2.24, 2.45) is 0 Å². The van der Waals surface area contributed by atoms with Gasteiger partial charge in [-0.05, 0) is 103 Å². The van der Waals surface area contributed by atoms with Crippen LogP contribution >= 0.6 is 15.6 Å². The highest BCUT2D eigenvalue weighted by atomic mass is 31.2. The third-order valence-electron chi connectivity index (χ3n) is 16.5. The summed E-state index contributed by atoms with van der Waals surface area (Å²) in [6.45, 7) is 2.45. The van der Waals surface area contributed by atoms with Crippen molar-refractivity contribution in [2.45, 2.75) is 347 Å². The molecule has 0 aliphatic heterocycles. The third kappa shape index (κ3) is 75.2. The highest BCUT2D eigenvalue weighted by Crippen LogP contribution is 2.45. The molecule has 0 amide bonds. The number of hydrogen-bond donors (Lipinski definition) is 4. The SMILES string of the molecule is CC/C=C\C/C=C\C/C=C\C/C=C\C/C=C\CCCCCCCCCCCCCCCCCCCC(=O)OCC(O)COP(=O)(O)OCC(O)COP(=O)(O)OCC(COC(=O)CCCCCC/C=C\C/C=C\C/C=C\C/C=C\CC)OC(=O)CCCCCCCCCCCCCCC. The molecule has 5 atom stereocenters. The smallest absolute Gasteiger partial charge is 0.463 e. The molecule has 18 heteroatoms. The highest BCUT2D eigenvalue weighted by molar-refractivity contribution is 7.47. The number of aliphatic hydroxyl groups is 2. The van der Waals surface area contributed by atoms with Gasteiger partial charge in [-0.3, -0.25) is 32.5 Å². The lowest BCUT2D eigenvalue weighted by atomic mass is 10.0. The Morgan fingerprint density at radius 1 is 0.293 bits per heavy atom. The molecule has 0 radical (unpaired) electrons. The molecule has 5 unspecified atom stereocenters. The van der Waals surface area contributed by atoms with E-state index in [1.807, 2.05) is 0 Å². The average molecular weight is 1430 g/mol. The van der Waals surface area contributed by atoms with Gasteiger partial charge < -0.3 is 34.2 Å². The minimum Gasteiger partial charge on any atom is -0.463 e. The van der Waals surface area contributed by atoms with Crippen LogP contribution in [-0.2, 0) is 55.8 Å². The van der Waals surface area contributed by atoms with Gasteiger partial charge in [0.2, 0.25) is 0 Å². The average Bonchev–Trinajstić information content (AvgIpc) is 1.38. The lowest BCUT2D eigenvalue weighted by Gasteiger charge is -2.21. The molecule has 0 fully saturated rings. The van der Waals surface area contributed by atoms with Gasteiger partial charge in [0.05, 0.1) is 26.4 Å². The molecule has 0 saturated carbocycles. The van der Waals surface area contributed by atoms with Gasteiger partial charge in [-0.1, -0.05) is 316 Å². The number of aliphatic hydroxyl groups excluding tert-OH is 2. The van der Waals surface area contributed by atoms with Crippen LogP contribution in [0.25, 0.3) is 0 Å². The Bertz CT molecular complexity index is 2240. The summed E-state index contributed by atoms with van der Waals surface area (Å²) in [5.41, 5.74) is 0. The van der Waals surface area contributed by atoms with E-state index in [0.717, 1.165) is 128 Å². The topological polar surface area (TPSA) is 231 Å². The summed E-state index contributed by atoms with van der Waals surface area (Å²) < 4.78 is 61.0. The second-order valence-corrected chi connectivity index (χ2v) is 29.0. The zero-order valence-electron chi connectivity index (χ0n) is 62.4. The van der Waals surface area contributed by atoms with Crippen molar-refractivity contribution in [2.75, 3.05) is 39.6 Å². The molecular weight excluding hydrogens is 1290 g/mol. The van der Waals surface area contributed by atoms with Crippen molar-refractivity contribution in [3.05, 3.63) is 109 Å². The van der Waals surface area contributed by atoms with Crippen molar-refractivity contribution in [3.8, 4) is 0 Å². The van der Waals surface area contributed by atoms with Gasteiger partial charge in [-0.2, -0.15) is 0 Å². The quantitative estimate of drug-likeness (QED) is 0.0146. The Balaban J connectivity index is 4.38. The molecular formula is C81H142O16P2. The fourth-order valence-electron chi connectivity index (χ4n) is 10.6. The second-order valence-electron chi connectivity index (χ2n) is 26.1. The molecule has 0 rings (SSSR count). The Hall–Kier alpha value is -3.79. The van der Waals surface area contributed by atoms with Crippen LogP contribution in [-0.4, -0.2) is 95.9 Å². The van der Waals surface area contributed by atoms with Gasteiger partial charge in [0, 0.05) is 19.3 Å². The predicted octanol–water partition coefficient (Wildman–Crippen LogP) is 22.8. The van der Waals surface area contributed by atoms with Gasteiger partial charge in [-0.25, -0.2) is 9.13 Å². The number of hydrogen-bond acceptors (Lipinski definition) is 14. The number of carbonyl (C=O) groups is 3. The van der Waals surface area contributed by atoms with Crippen LogP contribution < -0.4 is 0 Å². The lowest BCUT2D eigenvalue weighted by Crippen LogP contribution is -2.30. The first-order valence-corrected chi connectivity index (χ1v) is 42.2. The largest absolute Gasteiger partial charge is 0.472 e. The normalized spacial score (nSPS) is 14.6. The molecule has 0 aliphatic carbocycles. The van der Waals surface area contributed by atoms with Crippen LogP contribution in [0.4, 0.5) is 0 Å². The number of phosphoric acid groups is 2. The number of phosphoric ester groups is 2. The third-order valence-corrected chi connectivity index (χ3v) is 18.4. The van der Waals surface area contributed by atoms with E-state index in [1.54, 1.807) is 0 Å². The van der Waals surface area contributed by atoms with Crippen molar-refractivity contribution in [1.29, 1.82) is 0 Å². The first kappa shape index (κ1) is 95.2. The van der Waals surface area contributed by atoms with Gasteiger partial charge in [0.15, 0.2) is 6.10 Å². The maximum atomic E-state index is 12.9. The molecule has 99 heavy (non-hydrogen) atoms. The number of allylic oxidation sites excluding steroid dienone is 18. The Morgan fingerprint density at radius 2 is 0.535 bits per heavy atom. The predicted molar refractivity (Wildman–Crippen MR) is 408 cm³/mol. The van der Waals surface area contributed by atoms with Crippen LogP contribution in [0.5, 0.6) is 0 Å². The number of ether oxygens (including phenoxy) is 3. The van der Waals surface area contributed by atoms with E-state index in [1.165, 1.54) is 141 Å². The molecule has 572 valence electrons. The maximum Gasteiger partial charge on any atom is 0.472 e. The van der Waals surface area contributed by atoms with Gasteiger partial charge >= 0.3 is 33.6 Å². The van der Waals surface area contributed by atoms with Gasteiger partial charge in [0.25, 0.3) is 0 Å². The lowest BCUT2D eigenvalue weighted by molar-refractivity contribution is -0.161. The molecule has 0 heterocycles. The van der Waals surface area contributed by atoms with E-state index in [2.05, 4.69) is 130 Å². The fraction of sp³-hybridized carbons (Fsp3) is 0.741. The summed E-state index contributed by atoms with van der Waals surface area (Å²) in [5, 5.41) is 20.6. The molecule has 4 N–H and O–H groups in total. The van der Waals surface area contributed by atoms with Crippen LogP contribution in [0.1, 0.15) is 329 Å². The number of rotatable bonds is 74. The van der Waals surface area contributed by atoms with Crippen molar-refractivity contribution >= 4 is 33.6 Å². The monoisotopic (exact) mass is 1430 g/mol. The van der Waals surface area contributed by atoms with Crippen LogP contribution in [0.2, 0.25) is 0 Å². The zero-order valence-corrected chi connectivity index (χ0v) is 64.2. The van der Waals surface area contributed by atoms with E-state index in [-0.39, 0.29) is 19.3 Å². The minimum absolute atomic E-state index is 0.102. The molecule has 0 bridgehead atoms. The van der Waals surface area contributed by atoms with E-state index >= 15 is 0 Å².